The molecule has 0 spiro atoms. The SMILES string of the molecule is CC(C)(C)OC(=O)N1CCC(C(c2ccc(F)c(Cl)c2)N2C(=O)c3ccccc3C2=O)C1. The molecule has 1 fully saturated rings. The monoisotopic (exact) mass is 458 g/mol. The van der Waals surface area contributed by atoms with E-state index in [-0.39, 0.29) is 10.9 Å². The zero-order valence-electron chi connectivity index (χ0n) is 18.1. The third kappa shape index (κ3) is 4.09. The van der Waals surface area contributed by atoms with Crippen LogP contribution in [0.2, 0.25) is 5.02 Å². The number of hydrogen-bond acceptors (Lipinski definition) is 4. The molecule has 0 N–H and O–H groups in total. The fourth-order valence-electron chi connectivity index (χ4n) is 4.33. The largest absolute Gasteiger partial charge is 0.444 e. The maximum Gasteiger partial charge on any atom is 0.410 e. The minimum atomic E-state index is -0.701. The number of carbonyl (C=O) groups is 3. The van der Waals surface area contributed by atoms with Gasteiger partial charge in [-0.15, -0.1) is 0 Å². The highest BCUT2D eigenvalue weighted by Crippen LogP contribution is 2.40. The average molecular weight is 459 g/mol. The van der Waals surface area contributed by atoms with E-state index in [4.69, 9.17) is 16.3 Å². The molecule has 0 radical (unpaired) electrons. The summed E-state index contributed by atoms with van der Waals surface area (Å²) in [5.74, 6) is -1.66. The number of imide groups is 1. The lowest BCUT2D eigenvalue weighted by atomic mass is 9.90. The molecule has 1 saturated heterocycles. The average Bonchev–Trinajstić information content (AvgIpc) is 3.30. The van der Waals surface area contributed by atoms with E-state index >= 15 is 0 Å². The van der Waals surface area contributed by atoms with Crippen molar-refractivity contribution in [3.63, 3.8) is 0 Å². The highest BCUT2D eigenvalue weighted by molar-refractivity contribution is 6.30. The number of fused-ring (bicyclic) bond motifs is 1. The van der Waals surface area contributed by atoms with Crippen molar-refractivity contribution in [1.29, 1.82) is 0 Å². The molecule has 0 saturated carbocycles. The number of benzene rings is 2. The Kier molecular flexibility index (Phi) is 5.71. The van der Waals surface area contributed by atoms with Crippen LogP contribution in [0, 0.1) is 11.7 Å². The fraction of sp³-hybridized carbons (Fsp3) is 0.375. The second kappa shape index (κ2) is 8.20. The lowest BCUT2D eigenvalue weighted by Gasteiger charge is -2.32. The van der Waals surface area contributed by atoms with Crippen molar-refractivity contribution in [3.8, 4) is 0 Å². The number of hydrogen-bond donors (Lipinski definition) is 0. The van der Waals surface area contributed by atoms with E-state index in [1.165, 1.54) is 23.1 Å². The first kappa shape index (κ1) is 22.3. The van der Waals surface area contributed by atoms with Gasteiger partial charge < -0.3 is 9.64 Å². The van der Waals surface area contributed by atoms with Gasteiger partial charge in [0, 0.05) is 19.0 Å². The Morgan fingerprint density at radius 3 is 2.31 bits per heavy atom. The smallest absolute Gasteiger partial charge is 0.410 e. The quantitative estimate of drug-likeness (QED) is 0.602. The molecule has 2 aromatic rings. The Bertz CT molecular complexity index is 1060. The molecule has 3 amide bonds. The Hall–Kier alpha value is -2.93. The number of nitrogens with zero attached hydrogens (tertiary/aromatic N) is 2. The lowest BCUT2D eigenvalue weighted by molar-refractivity contribution is 0.0279. The summed E-state index contributed by atoms with van der Waals surface area (Å²) in [5.41, 5.74) is 0.569. The molecule has 32 heavy (non-hydrogen) atoms. The first-order valence-corrected chi connectivity index (χ1v) is 10.8. The molecule has 0 bridgehead atoms. The van der Waals surface area contributed by atoms with Crippen molar-refractivity contribution in [1.82, 2.24) is 9.80 Å². The predicted octanol–water partition coefficient (Wildman–Crippen LogP) is 5.07. The molecule has 2 aromatic carbocycles. The summed E-state index contributed by atoms with van der Waals surface area (Å²) in [6.07, 6.45) is 0.102. The normalized spacial score (nSPS) is 19.3. The summed E-state index contributed by atoms with van der Waals surface area (Å²) in [5, 5.41) is -0.0916. The standard InChI is InChI=1S/C24H24ClFN2O4/c1-24(2,3)32-23(31)27-11-10-15(13-27)20(14-8-9-19(26)18(25)12-14)28-21(29)16-6-4-5-7-17(16)22(28)30/h4-9,12,15,20H,10-11,13H2,1-3H3. The van der Waals surface area contributed by atoms with Gasteiger partial charge in [-0.2, -0.15) is 0 Å². The van der Waals surface area contributed by atoms with Gasteiger partial charge in [0.05, 0.1) is 22.2 Å². The summed E-state index contributed by atoms with van der Waals surface area (Å²) in [6.45, 7) is 6.10. The summed E-state index contributed by atoms with van der Waals surface area (Å²) in [7, 11) is 0. The van der Waals surface area contributed by atoms with Crippen LogP contribution in [0.4, 0.5) is 9.18 Å². The number of carbonyl (C=O) groups excluding carboxylic acids is 3. The molecule has 2 atom stereocenters. The number of rotatable bonds is 3. The van der Waals surface area contributed by atoms with Crippen molar-refractivity contribution in [3.05, 3.63) is 70.0 Å². The highest BCUT2D eigenvalue weighted by atomic mass is 35.5. The van der Waals surface area contributed by atoms with Crippen molar-refractivity contribution in [2.24, 2.45) is 5.92 Å². The third-order valence-corrected chi connectivity index (χ3v) is 6.00. The Balaban J connectivity index is 1.69. The van der Waals surface area contributed by atoms with E-state index in [1.54, 1.807) is 49.9 Å². The first-order chi connectivity index (χ1) is 15.1. The molecule has 0 aromatic heterocycles. The molecule has 0 aliphatic carbocycles. The van der Waals surface area contributed by atoms with Gasteiger partial charge in [0.2, 0.25) is 0 Å². The second-order valence-electron chi connectivity index (χ2n) is 9.12. The van der Waals surface area contributed by atoms with Crippen LogP contribution in [0.15, 0.2) is 42.5 Å². The van der Waals surface area contributed by atoms with Crippen molar-refractivity contribution >= 4 is 29.5 Å². The third-order valence-electron chi connectivity index (χ3n) is 5.71. The van der Waals surface area contributed by atoms with Crippen molar-refractivity contribution in [2.75, 3.05) is 13.1 Å². The summed E-state index contributed by atoms with van der Waals surface area (Å²) in [4.78, 5) is 41.8. The number of ether oxygens (including phenoxy) is 1. The molecule has 168 valence electrons. The van der Waals surface area contributed by atoms with Gasteiger partial charge in [-0.3, -0.25) is 14.5 Å². The van der Waals surface area contributed by atoms with E-state index in [0.29, 0.717) is 36.2 Å². The first-order valence-electron chi connectivity index (χ1n) is 10.5. The molecule has 4 rings (SSSR count). The van der Waals surface area contributed by atoms with Gasteiger partial charge >= 0.3 is 6.09 Å². The van der Waals surface area contributed by atoms with Gasteiger partial charge in [-0.25, -0.2) is 9.18 Å². The van der Waals surface area contributed by atoms with Crippen LogP contribution in [0.3, 0.4) is 0 Å². The number of halogens is 2. The van der Waals surface area contributed by atoms with Gasteiger partial charge in [0.15, 0.2) is 0 Å². The Morgan fingerprint density at radius 2 is 1.75 bits per heavy atom. The van der Waals surface area contributed by atoms with Crippen LogP contribution in [-0.2, 0) is 4.74 Å². The molecule has 2 heterocycles. The lowest BCUT2D eigenvalue weighted by Crippen LogP contribution is -2.40. The van der Waals surface area contributed by atoms with Gasteiger partial charge in [0.1, 0.15) is 11.4 Å². The van der Waals surface area contributed by atoms with Crippen LogP contribution >= 0.6 is 11.6 Å². The maximum absolute atomic E-state index is 13.9. The van der Waals surface area contributed by atoms with Gasteiger partial charge in [0.25, 0.3) is 11.8 Å². The van der Waals surface area contributed by atoms with Crippen LogP contribution in [-0.4, -0.2) is 46.4 Å². The molecule has 6 nitrogen and oxygen atoms in total. The number of likely N-dealkylation sites (tertiary alicyclic amines) is 1. The molecule has 8 heteroatoms. The highest BCUT2D eigenvalue weighted by Gasteiger charge is 2.46. The van der Waals surface area contributed by atoms with Gasteiger partial charge in [-0.05, 0) is 57.0 Å². The maximum atomic E-state index is 13.9. The topological polar surface area (TPSA) is 66.9 Å². The Labute approximate surface area is 190 Å². The van der Waals surface area contributed by atoms with Crippen LogP contribution in [0.5, 0.6) is 0 Å². The molecular weight excluding hydrogens is 435 g/mol. The molecule has 2 aliphatic heterocycles. The van der Waals surface area contributed by atoms with Crippen molar-refractivity contribution in [2.45, 2.75) is 38.8 Å². The predicted molar refractivity (Wildman–Crippen MR) is 117 cm³/mol. The van der Waals surface area contributed by atoms with Crippen LogP contribution in [0.25, 0.3) is 0 Å². The molecular formula is C24H24ClFN2O4. The van der Waals surface area contributed by atoms with Crippen LogP contribution < -0.4 is 0 Å². The fourth-order valence-corrected chi connectivity index (χ4v) is 4.52. The van der Waals surface area contributed by atoms with Gasteiger partial charge in [-0.1, -0.05) is 29.8 Å². The minimum absolute atomic E-state index is 0.0916. The van der Waals surface area contributed by atoms with E-state index in [0.717, 1.165) is 0 Å². The second-order valence-corrected chi connectivity index (χ2v) is 9.53. The van der Waals surface area contributed by atoms with E-state index in [1.807, 2.05) is 0 Å². The van der Waals surface area contributed by atoms with E-state index < -0.39 is 35.4 Å². The van der Waals surface area contributed by atoms with Crippen molar-refractivity contribution < 1.29 is 23.5 Å². The Morgan fingerprint density at radius 1 is 1.12 bits per heavy atom. The number of amides is 3. The van der Waals surface area contributed by atoms with E-state index in [2.05, 4.69) is 0 Å². The zero-order chi connectivity index (χ0) is 23.2. The summed E-state index contributed by atoms with van der Waals surface area (Å²) < 4.78 is 19.3. The van der Waals surface area contributed by atoms with Crippen LogP contribution in [0.1, 0.15) is 59.5 Å². The summed E-state index contributed by atoms with van der Waals surface area (Å²) in [6, 6.07) is 10.1. The van der Waals surface area contributed by atoms with E-state index in [9.17, 15) is 18.8 Å². The molecule has 2 aliphatic rings. The molecule has 2 unspecified atom stereocenters. The summed E-state index contributed by atoms with van der Waals surface area (Å²) >= 11 is 6.04. The minimum Gasteiger partial charge on any atom is -0.444 e. The zero-order valence-corrected chi connectivity index (χ0v) is 18.9.